The number of aryl methyl sites for hydroxylation is 1. The molecule has 0 amide bonds. The highest BCUT2D eigenvalue weighted by atomic mass is 16.4. The number of hydrogen-bond acceptors (Lipinski definition) is 2. The van der Waals surface area contributed by atoms with Crippen molar-refractivity contribution in [3.8, 4) is 5.75 Å². The van der Waals surface area contributed by atoms with Crippen LogP contribution in [0.4, 0.5) is 0 Å². The van der Waals surface area contributed by atoms with E-state index in [-0.39, 0.29) is 18.3 Å². The maximum atomic E-state index is 10.6. The summed E-state index contributed by atoms with van der Waals surface area (Å²) in [6.45, 7) is 8.11. The number of carboxylic acid groups (broad SMARTS) is 1. The molecule has 100 valence electrons. The molecule has 0 aliphatic carbocycles. The molecule has 0 heterocycles. The van der Waals surface area contributed by atoms with Gasteiger partial charge in [-0.3, -0.25) is 4.79 Å². The first-order valence-corrected chi connectivity index (χ1v) is 6.40. The van der Waals surface area contributed by atoms with Gasteiger partial charge in [-0.15, -0.1) is 0 Å². The van der Waals surface area contributed by atoms with Gasteiger partial charge in [-0.2, -0.15) is 0 Å². The summed E-state index contributed by atoms with van der Waals surface area (Å²) in [4.78, 5) is 10.6. The number of aromatic hydroxyl groups is 1. The number of carboxylic acids is 1. The minimum atomic E-state index is -0.791. The Hall–Kier alpha value is -1.51. The van der Waals surface area contributed by atoms with E-state index in [1.165, 1.54) is 0 Å². The predicted molar refractivity (Wildman–Crippen MR) is 72.2 cm³/mol. The number of benzene rings is 1. The molecule has 0 aliphatic heterocycles. The minimum absolute atomic E-state index is 0.125. The lowest BCUT2D eigenvalue weighted by Crippen LogP contribution is -2.02. The molecule has 0 aromatic heterocycles. The predicted octanol–water partition coefficient (Wildman–Crippen LogP) is 3.66. The summed E-state index contributed by atoms with van der Waals surface area (Å²) in [5.41, 5.74) is 2.80. The molecule has 0 saturated heterocycles. The van der Waals surface area contributed by atoms with E-state index in [0.29, 0.717) is 12.2 Å². The quantitative estimate of drug-likeness (QED) is 0.838. The van der Waals surface area contributed by atoms with E-state index < -0.39 is 5.97 Å². The van der Waals surface area contributed by atoms with Crippen LogP contribution >= 0.6 is 0 Å². The molecular weight excluding hydrogens is 228 g/mol. The Morgan fingerprint density at radius 1 is 1.11 bits per heavy atom. The van der Waals surface area contributed by atoms with Gasteiger partial charge in [0.25, 0.3) is 0 Å². The van der Waals surface area contributed by atoms with E-state index in [2.05, 4.69) is 0 Å². The lowest BCUT2D eigenvalue weighted by atomic mass is 9.90. The van der Waals surface area contributed by atoms with E-state index in [0.717, 1.165) is 16.7 Å². The molecule has 0 spiro atoms. The summed E-state index contributed by atoms with van der Waals surface area (Å²) in [6, 6.07) is 3.85. The van der Waals surface area contributed by atoms with Crippen LogP contribution in [0.2, 0.25) is 0 Å². The van der Waals surface area contributed by atoms with Gasteiger partial charge in [0, 0.05) is 6.42 Å². The second-order valence-corrected chi connectivity index (χ2v) is 5.33. The number of aliphatic carboxylic acids is 1. The fourth-order valence-corrected chi connectivity index (χ4v) is 2.02. The molecule has 0 aliphatic rings. The smallest absolute Gasteiger partial charge is 0.303 e. The van der Waals surface area contributed by atoms with Gasteiger partial charge in [0.2, 0.25) is 0 Å². The van der Waals surface area contributed by atoms with E-state index in [1.54, 1.807) is 0 Å². The Morgan fingerprint density at radius 2 is 1.56 bits per heavy atom. The van der Waals surface area contributed by atoms with Crippen LogP contribution in [0.25, 0.3) is 0 Å². The summed E-state index contributed by atoms with van der Waals surface area (Å²) < 4.78 is 0. The second-order valence-electron chi connectivity index (χ2n) is 5.33. The number of carbonyl (C=O) groups is 1. The monoisotopic (exact) mass is 250 g/mol. The van der Waals surface area contributed by atoms with Crippen molar-refractivity contribution >= 4 is 5.97 Å². The summed E-state index contributed by atoms with van der Waals surface area (Å²) in [7, 11) is 0. The fraction of sp³-hybridized carbons (Fsp3) is 0.533. The zero-order valence-electron chi connectivity index (χ0n) is 11.5. The van der Waals surface area contributed by atoms with Crippen LogP contribution in [-0.4, -0.2) is 16.2 Å². The molecule has 3 heteroatoms. The van der Waals surface area contributed by atoms with Gasteiger partial charge in [0.1, 0.15) is 5.75 Å². The third-order valence-corrected chi connectivity index (χ3v) is 3.10. The van der Waals surface area contributed by atoms with E-state index in [4.69, 9.17) is 5.11 Å². The van der Waals surface area contributed by atoms with Crippen molar-refractivity contribution < 1.29 is 15.0 Å². The molecule has 0 bridgehead atoms. The lowest BCUT2D eigenvalue weighted by molar-refractivity contribution is -0.136. The first kappa shape index (κ1) is 14.6. The van der Waals surface area contributed by atoms with Gasteiger partial charge >= 0.3 is 5.97 Å². The van der Waals surface area contributed by atoms with Crippen LogP contribution in [0.3, 0.4) is 0 Å². The first-order valence-electron chi connectivity index (χ1n) is 6.40. The van der Waals surface area contributed by atoms with Gasteiger partial charge in [-0.25, -0.2) is 0 Å². The molecule has 0 atom stereocenters. The molecule has 0 unspecified atom stereocenters. The number of phenols is 1. The molecule has 0 fully saturated rings. The largest absolute Gasteiger partial charge is 0.507 e. The van der Waals surface area contributed by atoms with Crippen molar-refractivity contribution in [2.45, 2.75) is 52.4 Å². The topological polar surface area (TPSA) is 57.5 Å². The van der Waals surface area contributed by atoms with Crippen LogP contribution in [0.5, 0.6) is 5.75 Å². The molecule has 1 aromatic carbocycles. The Morgan fingerprint density at radius 3 is 1.89 bits per heavy atom. The minimum Gasteiger partial charge on any atom is -0.507 e. The molecule has 1 aromatic rings. The van der Waals surface area contributed by atoms with Crippen LogP contribution < -0.4 is 0 Å². The molecule has 0 saturated carbocycles. The van der Waals surface area contributed by atoms with Crippen LogP contribution in [0.1, 0.15) is 62.6 Å². The van der Waals surface area contributed by atoms with Crippen molar-refractivity contribution in [3.63, 3.8) is 0 Å². The van der Waals surface area contributed by atoms with Crippen molar-refractivity contribution in [1.82, 2.24) is 0 Å². The first-order chi connectivity index (χ1) is 8.32. The maximum absolute atomic E-state index is 10.6. The van der Waals surface area contributed by atoms with Gasteiger partial charge in [-0.1, -0.05) is 39.8 Å². The van der Waals surface area contributed by atoms with Crippen LogP contribution in [-0.2, 0) is 11.2 Å². The van der Waals surface area contributed by atoms with Gasteiger partial charge in [0.05, 0.1) is 0 Å². The van der Waals surface area contributed by atoms with Gasteiger partial charge in [-0.05, 0) is 34.9 Å². The zero-order chi connectivity index (χ0) is 13.9. The maximum Gasteiger partial charge on any atom is 0.303 e. The van der Waals surface area contributed by atoms with Crippen molar-refractivity contribution in [1.29, 1.82) is 0 Å². The average Bonchev–Trinajstić information content (AvgIpc) is 2.26. The fourth-order valence-electron chi connectivity index (χ4n) is 2.02. The molecular formula is C15H22O3. The van der Waals surface area contributed by atoms with Crippen LogP contribution in [0.15, 0.2) is 12.1 Å². The molecule has 2 N–H and O–H groups in total. The Bertz CT molecular complexity index is 404. The Kier molecular flexibility index (Phi) is 4.76. The molecule has 3 nitrogen and oxygen atoms in total. The SMILES string of the molecule is CC(C)c1cc(CCC(=O)O)cc(C(C)C)c1O. The molecule has 1 rings (SSSR count). The third kappa shape index (κ3) is 3.49. The van der Waals surface area contributed by atoms with Crippen molar-refractivity contribution in [3.05, 3.63) is 28.8 Å². The summed E-state index contributed by atoms with van der Waals surface area (Å²) in [5.74, 6) is 0.0268. The highest BCUT2D eigenvalue weighted by molar-refractivity contribution is 5.67. The van der Waals surface area contributed by atoms with E-state index in [9.17, 15) is 9.90 Å². The van der Waals surface area contributed by atoms with Gasteiger partial charge in [0.15, 0.2) is 0 Å². The third-order valence-electron chi connectivity index (χ3n) is 3.10. The number of phenolic OH excluding ortho intramolecular Hbond substituents is 1. The normalized spacial score (nSPS) is 11.2. The van der Waals surface area contributed by atoms with Crippen molar-refractivity contribution in [2.75, 3.05) is 0 Å². The average molecular weight is 250 g/mol. The lowest BCUT2D eigenvalue weighted by Gasteiger charge is -2.17. The highest BCUT2D eigenvalue weighted by Gasteiger charge is 2.15. The van der Waals surface area contributed by atoms with Crippen molar-refractivity contribution in [2.24, 2.45) is 0 Å². The van der Waals surface area contributed by atoms with Crippen LogP contribution in [0, 0.1) is 0 Å². The molecule has 18 heavy (non-hydrogen) atoms. The number of rotatable bonds is 5. The Balaban J connectivity index is 3.16. The Labute approximate surface area is 108 Å². The summed E-state index contributed by atoms with van der Waals surface area (Å²) in [6.07, 6.45) is 0.634. The zero-order valence-corrected chi connectivity index (χ0v) is 11.5. The standard InChI is InChI=1S/C15H22O3/c1-9(2)12-7-11(5-6-14(16)17)8-13(10(3)4)15(12)18/h7-10,18H,5-6H2,1-4H3,(H,16,17). The summed E-state index contributed by atoms with van der Waals surface area (Å²) >= 11 is 0. The highest BCUT2D eigenvalue weighted by Crippen LogP contribution is 2.35. The second kappa shape index (κ2) is 5.89. The number of hydrogen-bond donors (Lipinski definition) is 2. The van der Waals surface area contributed by atoms with Gasteiger partial charge < -0.3 is 10.2 Å². The molecule has 0 radical (unpaired) electrons. The summed E-state index contributed by atoms with van der Waals surface area (Å²) in [5, 5.41) is 19.0. The van der Waals surface area contributed by atoms with E-state index >= 15 is 0 Å². The van der Waals surface area contributed by atoms with E-state index in [1.807, 2.05) is 39.8 Å².